The summed E-state index contributed by atoms with van der Waals surface area (Å²) in [5.41, 5.74) is 1.99. The molecule has 82 valence electrons. The van der Waals surface area contributed by atoms with Gasteiger partial charge in [0, 0.05) is 6.04 Å². The summed E-state index contributed by atoms with van der Waals surface area (Å²) >= 11 is 11.2. The molecule has 0 radical (unpaired) electrons. The van der Waals surface area contributed by atoms with Gasteiger partial charge in [-0.05, 0) is 50.7 Å². The van der Waals surface area contributed by atoms with Crippen molar-refractivity contribution in [3.05, 3.63) is 28.8 Å². The number of aryl methyl sites for hydroxylation is 1. The van der Waals surface area contributed by atoms with Gasteiger partial charge >= 0.3 is 0 Å². The minimum Gasteiger partial charge on any atom is -0.360 e. The highest BCUT2D eigenvalue weighted by atomic mass is 35.5. The standard InChI is InChI=1S/C11H15ClN2S/c1-7(2)13-11(15)14-10-6-8(3)4-5-9(10)12/h4-7H,1-3H3,(H2,13,14,15). The Balaban J connectivity index is 2.71. The second-order valence-electron chi connectivity index (χ2n) is 3.74. The smallest absolute Gasteiger partial charge is 0.171 e. The molecule has 0 saturated carbocycles. The number of benzene rings is 1. The lowest BCUT2D eigenvalue weighted by atomic mass is 10.2. The van der Waals surface area contributed by atoms with Gasteiger partial charge in [-0.15, -0.1) is 0 Å². The lowest BCUT2D eigenvalue weighted by Crippen LogP contribution is -2.33. The van der Waals surface area contributed by atoms with Crippen LogP contribution in [0.4, 0.5) is 5.69 Å². The van der Waals surface area contributed by atoms with Crippen LogP contribution in [0.2, 0.25) is 5.02 Å². The normalized spacial score (nSPS) is 10.2. The molecule has 0 spiro atoms. The molecule has 0 amide bonds. The second-order valence-corrected chi connectivity index (χ2v) is 4.55. The molecule has 1 aromatic carbocycles. The first-order chi connectivity index (χ1) is 6.99. The average molecular weight is 243 g/mol. The second kappa shape index (κ2) is 5.33. The molecule has 0 fully saturated rings. The van der Waals surface area contributed by atoms with Gasteiger partial charge in [0.05, 0.1) is 10.7 Å². The Labute approximate surface area is 101 Å². The SMILES string of the molecule is Cc1ccc(Cl)c(NC(=S)NC(C)C)c1. The van der Waals surface area contributed by atoms with E-state index in [1.165, 1.54) is 0 Å². The molecule has 1 rings (SSSR count). The van der Waals surface area contributed by atoms with E-state index in [1.54, 1.807) is 0 Å². The summed E-state index contributed by atoms with van der Waals surface area (Å²) in [6.07, 6.45) is 0. The average Bonchev–Trinajstić information content (AvgIpc) is 2.10. The maximum atomic E-state index is 6.03. The molecule has 0 aliphatic heterocycles. The monoisotopic (exact) mass is 242 g/mol. The number of hydrogen-bond donors (Lipinski definition) is 2. The molecular formula is C11H15ClN2S. The van der Waals surface area contributed by atoms with Crippen molar-refractivity contribution < 1.29 is 0 Å². The number of rotatable bonds is 2. The largest absolute Gasteiger partial charge is 0.360 e. The fourth-order valence-corrected chi connectivity index (χ4v) is 1.67. The van der Waals surface area contributed by atoms with Crippen LogP contribution in [-0.4, -0.2) is 11.2 Å². The zero-order valence-electron chi connectivity index (χ0n) is 9.10. The third-order valence-corrected chi connectivity index (χ3v) is 2.34. The molecule has 2 N–H and O–H groups in total. The van der Waals surface area contributed by atoms with Gasteiger partial charge in [-0.1, -0.05) is 17.7 Å². The lowest BCUT2D eigenvalue weighted by molar-refractivity contribution is 0.739. The topological polar surface area (TPSA) is 24.1 Å². The third-order valence-electron chi connectivity index (χ3n) is 1.79. The fourth-order valence-electron chi connectivity index (χ4n) is 1.16. The zero-order chi connectivity index (χ0) is 11.4. The molecule has 15 heavy (non-hydrogen) atoms. The van der Waals surface area contributed by atoms with E-state index in [2.05, 4.69) is 10.6 Å². The molecule has 0 saturated heterocycles. The Morgan fingerprint density at radius 3 is 2.67 bits per heavy atom. The van der Waals surface area contributed by atoms with E-state index >= 15 is 0 Å². The van der Waals surface area contributed by atoms with Crippen molar-refractivity contribution in [3.63, 3.8) is 0 Å². The number of anilines is 1. The molecule has 0 atom stereocenters. The van der Waals surface area contributed by atoms with Gasteiger partial charge in [-0.2, -0.15) is 0 Å². The first-order valence-electron chi connectivity index (χ1n) is 4.82. The Hall–Kier alpha value is -0.800. The zero-order valence-corrected chi connectivity index (χ0v) is 10.7. The highest BCUT2D eigenvalue weighted by Crippen LogP contribution is 2.22. The summed E-state index contributed by atoms with van der Waals surface area (Å²) in [5.74, 6) is 0. The summed E-state index contributed by atoms with van der Waals surface area (Å²) in [5, 5.41) is 7.44. The number of nitrogens with one attached hydrogen (secondary N) is 2. The molecule has 4 heteroatoms. The first-order valence-corrected chi connectivity index (χ1v) is 5.61. The summed E-state index contributed by atoms with van der Waals surface area (Å²) < 4.78 is 0. The highest BCUT2D eigenvalue weighted by molar-refractivity contribution is 7.80. The Morgan fingerprint density at radius 1 is 1.40 bits per heavy atom. The molecule has 2 nitrogen and oxygen atoms in total. The Bertz CT molecular complexity index is 364. The van der Waals surface area contributed by atoms with E-state index in [1.807, 2.05) is 39.0 Å². The number of thiocarbonyl (C=S) groups is 1. The van der Waals surface area contributed by atoms with Crippen molar-refractivity contribution in [2.75, 3.05) is 5.32 Å². The summed E-state index contributed by atoms with van der Waals surface area (Å²) in [6, 6.07) is 6.11. The molecule has 1 aromatic rings. The van der Waals surface area contributed by atoms with Gasteiger partial charge in [0.1, 0.15) is 0 Å². The van der Waals surface area contributed by atoms with Crippen LogP contribution in [0.5, 0.6) is 0 Å². The molecule has 0 heterocycles. The maximum absolute atomic E-state index is 6.03. The van der Waals surface area contributed by atoms with Crippen LogP contribution in [0.3, 0.4) is 0 Å². The molecule has 0 aromatic heterocycles. The number of halogens is 1. The highest BCUT2D eigenvalue weighted by Gasteiger charge is 2.03. The fraction of sp³-hybridized carbons (Fsp3) is 0.364. The van der Waals surface area contributed by atoms with Gasteiger partial charge in [0.2, 0.25) is 0 Å². The van der Waals surface area contributed by atoms with E-state index in [9.17, 15) is 0 Å². The van der Waals surface area contributed by atoms with E-state index in [0.717, 1.165) is 11.3 Å². The van der Waals surface area contributed by atoms with E-state index < -0.39 is 0 Å². The maximum Gasteiger partial charge on any atom is 0.171 e. The molecular weight excluding hydrogens is 228 g/mol. The van der Waals surface area contributed by atoms with Crippen LogP contribution < -0.4 is 10.6 Å². The van der Waals surface area contributed by atoms with Crippen LogP contribution in [0.15, 0.2) is 18.2 Å². The molecule has 0 aliphatic carbocycles. The van der Waals surface area contributed by atoms with Crippen molar-refractivity contribution >= 4 is 34.6 Å². The van der Waals surface area contributed by atoms with Gasteiger partial charge < -0.3 is 10.6 Å². The summed E-state index contributed by atoms with van der Waals surface area (Å²) in [6.45, 7) is 6.08. The third kappa shape index (κ3) is 4.06. The van der Waals surface area contributed by atoms with E-state index in [0.29, 0.717) is 16.2 Å². The van der Waals surface area contributed by atoms with Crippen LogP contribution in [0.1, 0.15) is 19.4 Å². The van der Waals surface area contributed by atoms with E-state index in [4.69, 9.17) is 23.8 Å². The summed E-state index contributed by atoms with van der Waals surface area (Å²) in [4.78, 5) is 0. The predicted molar refractivity (Wildman–Crippen MR) is 70.7 cm³/mol. The van der Waals surface area contributed by atoms with Crippen LogP contribution in [0, 0.1) is 6.92 Å². The van der Waals surface area contributed by atoms with Gasteiger partial charge in [0.15, 0.2) is 5.11 Å². The minimum atomic E-state index is 0.314. The van der Waals surface area contributed by atoms with Gasteiger partial charge in [-0.25, -0.2) is 0 Å². The molecule has 0 bridgehead atoms. The molecule has 0 unspecified atom stereocenters. The van der Waals surface area contributed by atoms with Crippen LogP contribution in [-0.2, 0) is 0 Å². The van der Waals surface area contributed by atoms with E-state index in [-0.39, 0.29) is 0 Å². The molecule has 0 aliphatic rings. The van der Waals surface area contributed by atoms with Crippen molar-refractivity contribution in [2.45, 2.75) is 26.8 Å². The van der Waals surface area contributed by atoms with Crippen molar-refractivity contribution in [3.8, 4) is 0 Å². The quantitative estimate of drug-likeness (QED) is 0.778. The van der Waals surface area contributed by atoms with Gasteiger partial charge in [-0.3, -0.25) is 0 Å². The summed E-state index contributed by atoms with van der Waals surface area (Å²) in [7, 11) is 0. The Kier molecular flexibility index (Phi) is 4.36. The van der Waals surface area contributed by atoms with Crippen molar-refractivity contribution in [1.29, 1.82) is 0 Å². The number of hydrogen-bond acceptors (Lipinski definition) is 1. The predicted octanol–water partition coefficient (Wildman–Crippen LogP) is 3.34. The lowest BCUT2D eigenvalue weighted by Gasteiger charge is -2.14. The minimum absolute atomic E-state index is 0.314. The van der Waals surface area contributed by atoms with Crippen LogP contribution >= 0.6 is 23.8 Å². The van der Waals surface area contributed by atoms with Crippen LogP contribution in [0.25, 0.3) is 0 Å². The Morgan fingerprint density at radius 2 is 2.07 bits per heavy atom. The van der Waals surface area contributed by atoms with Crippen molar-refractivity contribution in [1.82, 2.24) is 5.32 Å². The van der Waals surface area contributed by atoms with Gasteiger partial charge in [0.25, 0.3) is 0 Å². The first kappa shape index (κ1) is 12.3. The van der Waals surface area contributed by atoms with Crippen molar-refractivity contribution in [2.24, 2.45) is 0 Å².